The lowest BCUT2D eigenvalue weighted by Gasteiger charge is -2.14. The summed E-state index contributed by atoms with van der Waals surface area (Å²) in [5, 5.41) is 19.3. The van der Waals surface area contributed by atoms with Crippen molar-refractivity contribution in [3.63, 3.8) is 0 Å². The molecule has 0 radical (unpaired) electrons. The van der Waals surface area contributed by atoms with Crippen molar-refractivity contribution in [2.75, 3.05) is 0 Å². The first kappa shape index (κ1) is 22.3. The Labute approximate surface area is 175 Å². The Morgan fingerprint density at radius 2 is 1.56 bits per heavy atom. The third kappa shape index (κ3) is 4.54. The molecule has 0 heterocycles. The highest BCUT2D eigenvalue weighted by Gasteiger charge is 2.29. The lowest BCUT2D eigenvalue weighted by molar-refractivity contribution is 0.451. The van der Waals surface area contributed by atoms with Crippen LogP contribution in [0.4, 0.5) is 0 Å². The Bertz CT molecular complexity index is 1110. The third-order valence-electron chi connectivity index (χ3n) is 3.72. The van der Waals surface area contributed by atoms with Crippen LogP contribution >= 0.6 is 39.1 Å². The van der Waals surface area contributed by atoms with E-state index < -0.39 is 52.0 Å². The molecule has 2 aromatic carbocycles. The Kier molecular flexibility index (Phi) is 6.43. The van der Waals surface area contributed by atoms with Crippen molar-refractivity contribution >= 4 is 58.8 Å². The standard InChI is InChI=1S/C16H15BrCl2O6S2/c1-8(2)27(24,25)14-6-11(18)3-9(15(14)20)7-26(22,23)13-5-10(17)4-12(19)16(13)21/h3-6,8,20-21H,7H2,1-2H3. The van der Waals surface area contributed by atoms with Gasteiger partial charge in [-0.3, -0.25) is 0 Å². The van der Waals surface area contributed by atoms with E-state index in [1.54, 1.807) is 0 Å². The molecule has 2 N–H and O–H groups in total. The molecule has 0 aliphatic rings. The Balaban J connectivity index is 2.63. The molecule has 0 aliphatic heterocycles. The first-order chi connectivity index (χ1) is 12.3. The molecular weight excluding hydrogens is 503 g/mol. The van der Waals surface area contributed by atoms with Crippen molar-refractivity contribution in [3.8, 4) is 11.5 Å². The smallest absolute Gasteiger partial charge is 0.186 e. The van der Waals surface area contributed by atoms with Gasteiger partial charge in [0.25, 0.3) is 0 Å². The van der Waals surface area contributed by atoms with Gasteiger partial charge >= 0.3 is 0 Å². The predicted octanol–water partition coefficient (Wildman–Crippen LogP) is 4.32. The van der Waals surface area contributed by atoms with Gasteiger partial charge in [0, 0.05) is 15.1 Å². The second kappa shape index (κ2) is 7.79. The highest BCUT2D eigenvalue weighted by Crippen LogP contribution is 2.38. The van der Waals surface area contributed by atoms with E-state index in [9.17, 15) is 27.0 Å². The third-order valence-corrected chi connectivity index (χ3v) is 8.52. The first-order valence-electron chi connectivity index (χ1n) is 7.43. The number of rotatable bonds is 5. The molecule has 0 atom stereocenters. The van der Waals surface area contributed by atoms with Gasteiger partial charge in [-0.25, -0.2) is 16.8 Å². The second-order valence-corrected chi connectivity index (χ2v) is 12.2. The van der Waals surface area contributed by atoms with Crippen molar-refractivity contribution < 1.29 is 27.0 Å². The average Bonchev–Trinajstić information content (AvgIpc) is 2.53. The maximum absolute atomic E-state index is 12.7. The maximum Gasteiger partial charge on any atom is 0.186 e. The van der Waals surface area contributed by atoms with Gasteiger partial charge in [0.05, 0.1) is 16.0 Å². The van der Waals surface area contributed by atoms with Gasteiger partial charge < -0.3 is 10.2 Å². The summed E-state index contributed by atoms with van der Waals surface area (Å²) < 4.78 is 50.6. The molecule has 2 aromatic rings. The van der Waals surface area contributed by atoms with Gasteiger partial charge in [-0.2, -0.15) is 0 Å². The molecule has 0 fully saturated rings. The van der Waals surface area contributed by atoms with Crippen LogP contribution in [0, 0.1) is 0 Å². The van der Waals surface area contributed by atoms with Crippen LogP contribution in [0.1, 0.15) is 19.4 Å². The Hall–Kier alpha value is -1.00. The van der Waals surface area contributed by atoms with E-state index in [-0.39, 0.29) is 15.6 Å². The Morgan fingerprint density at radius 1 is 0.963 bits per heavy atom. The number of sulfone groups is 2. The first-order valence-corrected chi connectivity index (χ1v) is 12.2. The summed E-state index contributed by atoms with van der Waals surface area (Å²) in [7, 11) is -8.09. The number of phenolic OH excluding ortho intramolecular Hbond substituents is 2. The van der Waals surface area contributed by atoms with Crippen molar-refractivity contribution in [1.82, 2.24) is 0 Å². The summed E-state index contributed by atoms with van der Waals surface area (Å²) in [6.07, 6.45) is 0. The minimum Gasteiger partial charge on any atom is -0.506 e. The van der Waals surface area contributed by atoms with E-state index in [1.165, 1.54) is 19.9 Å². The molecule has 0 amide bonds. The van der Waals surface area contributed by atoms with Crippen LogP contribution in [0.5, 0.6) is 11.5 Å². The second-order valence-electron chi connectivity index (χ2n) is 6.00. The summed E-state index contributed by atoms with van der Waals surface area (Å²) in [4.78, 5) is -0.916. The molecule has 0 aromatic heterocycles. The van der Waals surface area contributed by atoms with Crippen LogP contribution in [-0.2, 0) is 25.4 Å². The monoisotopic (exact) mass is 516 g/mol. The van der Waals surface area contributed by atoms with Crippen LogP contribution in [0.3, 0.4) is 0 Å². The predicted molar refractivity (Wildman–Crippen MR) is 107 cm³/mol. The van der Waals surface area contributed by atoms with Gasteiger partial charge in [0.15, 0.2) is 25.4 Å². The number of phenols is 2. The number of benzene rings is 2. The molecule has 0 bridgehead atoms. The summed E-state index contributed by atoms with van der Waals surface area (Å²) in [5.41, 5.74) is -0.211. The van der Waals surface area contributed by atoms with E-state index in [1.807, 2.05) is 0 Å². The highest BCUT2D eigenvalue weighted by atomic mass is 79.9. The average molecular weight is 518 g/mol. The molecule has 0 saturated carbocycles. The van der Waals surface area contributed by atoms with E-state index in [0.29, 0.717) is 4.47 Å². The number of hydrogen-bond acceptors (Lipinski definition) is 6. The zero-order valence-electron chi connectivity index (χ0n) is 14.1. The van der Waals surface area contributed by atoms with Gasteiger partial charge in [-0.05, 0) is 38.1 Å². The topological polar surface area (TPSA) is 109 Å². The number of aromatic hydroxyl groups is 2. The van der Waals surface area contributed by atoms with Crippen LogP contribution in [0.2, 0.25) is 10.0 Å². The number of hydrogen-bond donors (Lipinski definition) is 2. The lowest BCUT2D eigenvalue weighted by Crippen LogP contribution is -2.15. The molecule has 2 rings (SSSR count). The molecule has 0 spiro atoms. The fraction of sp³-hybridized carbons (Fsp3) is 0.250. The normalized spacial score (nSPS) is 12.5. The highest BCUT2D eigenvalue weighted by molar-refractivity contribution is 9.10. The number of halogens is 3. The van der Waals surface area contributed by atoms with E-state index in [0.717, 1.165) is 18.2 Å². The zero-order valence-corrected chi connectivity index (χ0v) is 18.8. The van der Waals surface area contributed by atoms with E-state index >= 15 is 0 Å². The van der Waals surface area contributed by atoms with Crippen LogP contribution in [0.25, 0.3) is 0 Å². The van der Waals surface area contributed by atoms with Crippen LogP contribution in [-0.4, -0.2) is 32.3 Å². The van der Waals surface area contributed by atoms with E-state index in [4.69, 9.17) is 23.2 Å². The molecule has 27 heavy (non-hydrogen) atoms. The Morgan fingerprint density at radius 3 is 2.11 bits per heavy atom. The van der Waals surface area contributed by atoms with Crippen LogP contribution < -0.4 is 0 Å². The molecular formula is C16H15BrCl2O6S2. The molecule has 6 nitrogen and oxygen atoms in total. The van der Waals surface area contributed by atoms with Crippen molar-refractivity contribution in [3.05, 3.63) is 44.3 Å². The largest absolute Gasteiger partial charge is 0.506 e. The zero-order chi connectivity index (χ0) is 20.7. The molecule has 11 heteroatoms. The molecule has 0 unspecified atom stereocenters. The molecule has 148 valence electrons. The fourth-order valence-corrected chi connectivity index (χ4v) is 6.29. The summed E-state index contributed by atoms with van der Waals surface area (Å²) >= 11 is 14.8. The summed E-state index contributed by atoms with van der Waals surface area (Å²) in [6.45, 7) is 2.85. The maximum atomic E-state index is 12.7. The van der Waals surface area contributed by atoms with Crippen molar-refractivity contribution in [2.24, 2.45) is 0 Å². The minimum absolute atomic E-state index is 0.0475. The van der Waals surface area contributed by atoms with Crippen LogP contribution in [0.15, 0.2) is 38.5 Å². The molecule has 0 saturated heterocycles. The minimum atomic E-state index is -4.19. The van der Waals surface area contributed by atoms with Crippen molar-refractivity contribution in [2.45, 2.75) is 34.6 Å². The van der Waals surface area contributed by atoms with Crippen molar-refractivity contribution in [1.29, 1.82) is 0 Å². The van der Waals surface area contributed by atoms with Gasteiger partial charge in [-0.15, -0.1) is 0 Å². The summed E-state index contributed by atoms with van der Waals surface area (Å²) in [6, 6.07) is 4.70. The quantitative estimate of drug-likeness (QED) is 0.611. The van der Waals surface area contributed by atoms with E-state index in [2.05, 4.69) is 15.9 Å². The lowest BCUT2D eigenvalue weighted by atomic mass is 10.2. The molecule has 0 aliphatic carbocycles. The summed E-state index contributed by atoms with van der Waals surface area (Å²) in [5.74, 6) is -2.13. The van der Waals surface area contributed by atoms with Gasteiger partial charge in [0.2, 0.25) is 0 Å². The fourth-order valence-electron chi connectivity index (χ4n) is 2.27. The van der Waals surface area contributed by atoms with Gasteiger partial charge in [-0.1, -0.05) is 39.1 Å². The van der Waals surface area contributed by atoms with Gasteiger partial charge in [0.1, 0.15) is 15.5 Å². The SMILES string of the molecule is CC(C)S(=O)(=O)c1cc(Cl)cc(CS(=O)(=O)c2cc(Br)cc(Cl)c2O)c1O.